The molecular formula is C22H27FN3O2P. The van der Waals surface area contributed by atoms with Gasteiger partial charge in [0.05, 0.1) is 18.6 Å². The Labute approximate surface area is 173 Å². The SMILES string of the molecule is CNCC1CCN(C2=CN3C(=O)C=C(c4ccc(OC)c(F)c4)PC3C=C2)CC1. The molecule has 1 aromatic carbocycles. The number of nitrogens with one attached hydrogen (secondary N) is 1. The number of amides is 1. The van der Waals surface area contributed by atoms with E-state index in [1.54, 1.807) is 12.1 Å². The minimum absolute atomic E-state index is 0.00163. The zero-order valence-corrected chi connectivity index (χ0v) is 17.8. The molecule has 1 N–H and O–H groups in total. The molecule has 29 heavy (non-hydrogen) atoms. The smallest absolute Gasteiger partial charge is 0.252 e. The number of nitrogens with zero attached hydrogens (tertiary/aromatic N) is 2. The molecule has 0 aliphatic carbocycles. The summed E-state index contributed by atoms with van der Waals surface area (Å²) in [4.78, 5) is 17.0. The van der Waals surface area contributed by atoms with Crippen molar-refractivity contribution < 1.29 is 13.9 Å². The van der Waals surface area contributed by atoms with Crippen LogP contribution in [0.1, 0.15) is 18.4 Å². The number of fused-ring (bicyclic) bond motifs is 1. The summed E-state index contributed by atoms with van der Waals surface area (Å²) in [7, 11) is 3.82. The van der Waals surface area contributed by atoms with E-state index in [2.05, 4.69) is 22.4 Å². The fourth-order valence-corrected chi connectivity index (χ4v) is 5.52. The zero-order valence-electron chi connectivity index (χ0n) is 16.8. The van der Waals surface area contributed by atoms with Crippen LogP contribution >= 0.6 is 8.58 Å². The maximum Gasteiger partial charge on any atom is 0.252 e. The van der Waals surface area contributed by atoms with Crippen LogP contribution in [0, 0.1) is 11.7 Å². The first-order chi connectivity index (χ1) is 14.1. The van der Waals surface area contributed by atoms with Crippen LogP contribution in [0.15, 0.2) is 48.3 Å². The maximum absolute atomic E-state index is 14.1. The highest BCUT2D eigenvalue weighted by Crippen LogP contribution is 2.45. The average Bonchev–Trinajstić information content (AvgIpc) is 2.74. The lowest BCUT2D eigenvalue weighted by Crippen LogP contribution is -2.40. The van der Waals surface area contributed by atoms with E-state index in [1.807, 2.05) is 24.2 Å². The third-order valence-electron chi connectivity index (χ3n) is 5.78. The Balaban J connectivity index is 1.48. The van der Waals surface area contributed by atoms with Gasteiger partial charge in [-0.05, 0) is 61.4 Å². The molecule has 0 saturated carbocycles. The van der Waals surface area contributed by atoms with E-state index >= 15 is 0 Å². The molecule has 2 atom stereocenters. The molecule has 1 aromatic rings. The van der Waals surface area contributed by atoms with Gasteiger partial charge in [-0.1, -0.05) is 20.7 Å². The number of allylic oxidation sites excluding steroid dienone is 1. The van der Waals surface area contributed by atoms with E-state index in [1.165, 1.54) is 13.2 Å². The van der Waals surface area contributed by atoms with Crippen molar-refractivity contribution in [3.05, 3.63) is 59.7 Å². The quantitative estimate of drug-likeness (QED) is 0.749. The number of likely N-dealkylation sites (tertiary alicyclic amines) is 1. The first kappa shape index (κ1) is 20.1. The zero-order chi connectivity index (χ0) is 20.4. The van der Waals surface area contributed by atoms with Crippen molar-refractivity contribution in [3.63, 3.8) is 0 Å². The van der Waals surface area contributed by atoms with Crippen molar-refractivity contribution in [1.29, 1.82) is 0 Å². The van der Waals surface area contributed by atoms with Crippen LogP contribution in [0.3, 0.4) is 0 Å². The van der Waals surface area contributed by atoms with Gasteiger partial charge in [0.2, 0.25) is 0 Å². The summed E-state index contributed by atoms with van der Waals surface area (Å²) in [6, 6.07) is 4.87. The molecular weight excluding hydrogens is 388 g/mol. The minimum atomic E-state index is -0.409. The largest absolute Gasteiger partial charge is 0.494 e. The Bertz CT molecular complexity index is 875. The van der Waals surface area contributed by atoms with E-state index in [-0.39, 0.29) is 17.4 Å². The molecule has 1 amide bonds. The second-order valence-electron chi connectivity index (χ2n) is 7.64. The van der Waals surface area contributed by atoms with Gasteiger partial charge in [0.1, 0.15) is 0 Å². The first-order valence-electron chi connectivity index (χ1n) is 10.0. The monoisotopic (exact) mass is 415 g/mol. The van der Waals surface area contributed by atoms with Gasteiger partial charge in [-0.3, -0.25) is 4.79 Å². The summed E-state index contributed by atoms with van der Waals surface area (Å²) in [5, 5.41) is 4.15. The van der Waals surface area contributed by atoms with E-state index < -0.39 is 5.82 Å². The number of benzene rings is 1. The average molecular weight is 415 g/mol. The number of halogens is 1. The number of rotatable bonds is 5. The van der Waals surface area contributed by atoms with Crippen molar-refractivity contribution in [2.45, 2.75) is 18.6 Å². The van der Waals surface area contributed by atoms with Crippen LogP contribution in [-0.2, 0) is 4.79 Å². The Morgan fingerprint density at radius 2 is 2.10 bits per heavy atom. The number of methoxy groups -OCH3 is 1. The predicted molar refractivity (Wildman–Crippen MR) is 115 cm³/mol. The molecule has 0 aromatic heterocycles. The van der Waals surface area contributed by atoms with Crippen molar-refractivity contribution >= 4 is 19.8 Å². The lowest BCUT2D eigenvalue weighted by atomic mass is 9.96. The lowest BCUT2D eigenvalue weighted by molar-refractivity contribution is -0.123. The number of piperidine rings is 1. The van der Waals surface area contributed by atoms with Crippen molar-refractivity contribution in [1.82, 2.24) is 15.1 Å². The molecule has 7 heteroatoms. The summed E-state index contributed by atoms with van der Waals surface area (Å²) in [5.74, 6) is 0.481. The normalized spacial score (nSPS) is 23.1. The fraction of sp³-hybridized carbons (Fsp3) is 0.409. The predicted octanol–water partition coefficient (Wildman–Crippen LogP) is 3.36. The number of carbonyl (C=O) groups is 1. The molecule has 0 spiro atoms. The number of hydrogen-bond acceptors (Lipinski definition) is 4. The topological polar surface area (TPSA) is 44.8 Å². The second kappa shape index (κ2) is 8.68. The van der Waals surface area contributed by atoms with Crippen molar-refractivity contribution in [3.8, 4) is 5.75 Å². The second-order valence-corrected chi connectivity index (χ2v) is 9.06. The van der Waals surface area contributed by atoms with Gasteiger partial charge in [0.15, 0.2) is 11.6 Å². The van der Waals surface area contributed by atoms with Crippen LogP contribution in [0.5, 0.6) is 5.75 Å². The Morgan fingerprint density at radius 1 is 1.31 bits per heavy atom. The number of ether oxygens (including phenoxy) is 1. The summed E-state index contributed by atoms with van der Waals surface area (Å²) in [6.45, 7) is 3.10. The summed E-state index contributed by atoms with van der Waals surface area (Å²) >= 11 is 0. The Morgan fingerprint density at radius 3 is 2.79 bits per heavy atom. The minimum Gasteiger partial charge on any atom is -0.494 e. The summed E-state index contributed by atoms with van der Waals surface area (Å²) < 4.78 is 19.1. The van der Waals surface area contributed by atoms with Crippen LogP contribution in [-0.4, -0.2) is 55.3 Å². The maximum atomic E-state index is 14.1. The first-order valence-corrected chi connectivity index (χ1v) is 11.1. The van der Waals surface area contributed by atoms with Crippen LogP contribution in [0.4, 0.5) is 4.39 Å². The summed E-state index contributed by atoms with van der Waals surface area (Å²) in [6.07, 6.45) is 10.2. The standard InChI is InChI=1S/C22H27FN3O2P/c1-24-13-15-7-9-25(10-8-15)17-4-6-22-26(14-17)21(27)12-20(29-22)16-3-5-19(28-2)18(23)11-16/h3-6,11-12,14-15,22,24,29H,7-10,13H2,1-2H3. The molecule has 4 rings (SSSR count). The highest BCUT2D eigenvalue weighted by Gasteiger charge is 2.30. The van der Waals surface area contributed by atoms with E-state index in [4.69, 9.17) is 4.74 Å². The third-order valence-corrected chi connectivity index (χ3v) is 7.29. The van der Waals surface area contributed by atoms with Gasteiger partial charge in [0, 0.05) is 25.4 Å². The third kappa shape index (κ3) is 4.24. The molecule has 3 heterocycles. The van der Waals surface area contributed by atoms with E-state index in [0.29, 0.717) is 8.58 Å². The van der Waals surface area contributed by atoms with Crippen molar-refractivity contribution in [2.24, 2.45) is 5.92 Å². The molecule has 5 nitrogen and oxygen atoms in total. The van der Waals surface area contributed by atoms with Gasteiger partial charge < -0.3 is 19.9 Å². The molecule has 1 saturated heterocycles. The van der Waals surface area contributed by atoms with Crippen LogP contribution in [0.2, 0.25) is 0 Å². The van der Waals surface area contributed by atoms with Crippen molar-refractivity contribution in [2.75, 3.05) is 33.8 Å². The number of hydrogen-bond donors (Lipinski definition) is 1. The molecule has 3 aliphatic heterocycles. The molecule has 0 bridgehead atoms. The fourth-order valence-electron chi connectivity index (χ4n) is 4.14. The van der Waals surface area contributed by atoms with Crippen LogP contribution < -0.4 is 10.1 Å². The molecule has 154 valence electrons. The Hall–Kier alpha value is -2.17. The van der Waals surface area contributed by atoms with Gasteiger partial charge in [-0.15, -0.1) is 0 Å². The van der Waals surface area contributed by atoms with Gasteiger partial charge in [-0.2, -0.15) is 0 Å². The van der Waals surface area contributed by atoms with Gasteiger partial charge in [0.25, 0.3) is 5.91 Å². The van der Waals surface area contributed by atoms with Crippen LogP contribution in [0.25, 0.3) is 5.31 Å². The van der Waals surface area contributed by atoms with E-state index in [0.717, 1.165) is 55.0 Å². The molecule has 1 fully saturated rings. The molecule has 0 radical (unpaired) electrons. The molecule has 2 unspecified atom stereocenters. The summed E-state index contributed by atoms with van der Waals surface area (Å²) in [5.41, 5.74) is 1.85. The Kier molecular flexibility index (Phi) is 6.02. The molecule has 3 aliphatic rings. The van der Waals surface area contributed by atoms with E-state index in [9.17, 15) is 9.18 Å². The van der Waals surface area contributed by atoms with Gasteiger partial charge >= 0.3 is 0 Å². The number of carbonyl (C=O) groups excluding carboxylic acids is 1. The highest BCUT2D eigenvalue weighted by atomic mass is 31.1. The highest BCUT2D eigenvalue weighted by molar-refractivity contribution is 7.51. The lowest BCUT2D eigenvalue weighted by Gasteiger charge is -2.39. The van der Waals surface area contributed by atoms with Gasteiger partial charge in [-0.25, -0.2) is 4.39 Å².